The van der Waals surface area contributed by atoms with Crippen LogP contribution in [0.3, 0.4) is 0 Å². The van der Waals surface area contributed by atoms with Crippen molar-refractivity contribution in [2.75, 3.05) is 13.1 Å². The van der Waals surface area contributed by atoms with Crippen LogP contribution in [0.15, 0.2) is 0 Å². The molecule has 0 aromatic rings. The summed E-state index contributed by atoms with van der Waals surface area (Å²) in [5, 5.41) is 0. The number of amides is 1. The van der Waals surface area contributed by atoms with E-state index in [9.17, 15) is 9.18 Å². The maximum atomic E-state index is 14.2. The van der Waals surface area contributed by atoms with Gasteiger partial charge in [0, 0.05) is 31.5 Å². The Hall–Kier alpha value is -0.840. The number of rotatable bonds is 1. The molecule has 1 heterocycles. The zero-order chi connectivity index (χ0) is 12.8. The largest absolute Gasteiger partial charge is 0.444 e. The molecule has 4 nitrogen and oxygen atoms in total. The lowest BCUT2D eigenvalue weighted by atomic mass is 9.92. The van der Waals surface area contributed by atoms with Crippen molar-refractivity contribution in [3.05, 3.63) is 0 Å². The van der Waals surface area contributed by atoms with Gasteiger partial charge in [-0.15, -0.1) is 0 Å². The van der Waals surface area contributed by atoms with E-state index >= 15 is 0 Å². The number of ether oxygens (including phenoxy) is 1. The molecule has 0 aromatic heterocycles. The highest BCUT2D eigenvalue weighted by Crippen LogP contribution is 2.51. The summed E-state index contributed by atoms with van der Waals surface area (Å²) in [6.07, 6.45) is 0.709. The Morgan fingerprint density at radius 2 is 2.24 bits per heavy atom. The number of nitrogens with two attached hydrogens (primary N) is 1. The van der Waals surface area contributed by atoms with Gasteiger partial charge in [-0.25, -0.2) is 9.18 Å². The van der Waals surface area contributed by atoms with Gasteiger partial charge in [0.15, 0.2) is 0 Å². The van der Waals surface area contributed by atoms with Crippen molar-refractivity contribution in [2.45, 2.75) is 50.9 Å². The maximum Gasteiger partial charge on any atom is 0.410 e. The summed E-state index contributed by atoms with van der Waals surface area (Å²) in [5.74, 6) is -0.0891. The number of halogens is 1. The predicted octanol–water partition coefficient (Wildman–Crippen LogP) is 1.68. The molecule has 2 fully saturated rings. The Morgan fingerprint density at radius 3 is 2.76 bits per heavy atom. The molecule has 0 bridgehead atoms. The highest BCUT2D eigenvalue weighted by atomic mass is 19.1. The lowest BCUT2D eigenvalue weighted by molar-refractivity contribution is 0.00236. The number of carbonyl (C=O) groups is 1. The van der Waals surface area contributed by atoms with Gasteiger partial charge < -0.3 is 15.4 Å². The van der Waals surface area contributed by atoms with Crippen molar-refractivity contribution in [1.29, 1.82) is 0 Å². The second kappa shape index (κ2) is 3.83. The third-order valence-corrected chi connectivity index (χ3v) is 3.56. The van der Waals surface area contributed by atoms with Crippen molar-refractivity contribution in [2.24, 2.45) is 11.7 Å². The van der Waals surface area contributed by atoms with Crippen LogP contribution in [0.1, 0.15) is 33.6 Å². The molecular weight excluding hydrogens is 223 g/mol. The maximum absolute atomic E-state index is 14.2. The molecule has 2 aliphatic rings. The molecule has 0 aromatic carbocycles. The fourth-order valence-electron chi connectivity index (χ4n) is 2.54. The van der Waals surface area contributed by atoms with Crippen molar-refractivity contribution in [1.82, 2.24) is 4.90 Å². The third-order valence-electron chi connectivity index (χ3n) is 3.56. The van der Waals surface area contributed by atoms with E-state index in [1.807, 2.05) is 20.8 Å². The van der Waals surface area contributed by atoms with E-state index in [2.05, 4.69) is 0 Å². The van der Waals surface area contributed by atoms with Gasteiger partial charge >= 0.3 is 6.09 Å². The molecule has 1 saturated heterocycles. The molecule has 2 N–H and O–H groups in total. The Bertz CT molecular complexity index is 329. The molecule has 5 heteroatoms. The summed E-state index contributed by atoms with van der Waals surface area (Å²) < 4.78 is 19.5. The van der Waals surface area contributed by atoms with Gasteiger partial charge in [0.1, 0.15) is 11.3 Å². The SMILES string of the molecule is CC(C)(C)OC(=O)N1CCC(F)(CN)C2CC21. The molecule has 3 atom stereocenters. The van der Waals surface area contributed by atoms with Crippen molar-refractivity contribution < 1.29 is 13.9 Å². The quantitative estimate of drug-likeness (QED) is 0.763. The fourth-order valence-corrected chi connectivity index (χ4v) is 2.54. The number of alkyl halides is 1. The molecular formula is C12H21FN2O2. The van der Waals surface area contributed by atoms with Gasteiger partial charge in [0.25, 0.3) is 0 Å². The molecule has 2 rings (SSSR count). The molecule has 0 spiro atoms. The Morgan fingerprint density at radius 1 is 1.59 bits per heavy atom. The number of fused-ring (bicyclic) bond motifs is 1. The van der Waals surface area contributed by atoms with Crippen LogP contribution in [0.5, 0.6) is 0 Å². The number of hydrogen-bond donors (Lipinski definition) is 1. The fraction of sp³-hybridized carbons (Fsp3) is 0.917. The molecule has 1 aliphatic heterocycles. The predicted molar refractivity (Wildman–Crippen MR) is 62.3 cm³/mol. The van der Waals surface area contributed by atoms with Gasteiger partial charge in [-0.3, -0.25) is 0 Å². The van der Waals surface area contributed by atoms with Gasteiger partial charge in [-0.05, 0) is 27.2 Å². The number of piperidine rings is 1. The smallest absolute Gasteiger partial charge is 0.410 e. The van der Waals surface area contributed by atoms with Crippen LogP contribution in [0.25, 0.3) is 0 Å². The average Bonchev–Trinajstić information content (AvgIpc) is 2.96. The van der Waals surface area contributed by atoms with Crippen LogP contribution in [0.4, 0.5) is 9.18 Å². The summed E-state index contributed by atoms with van der Waals surface area (Å²) in [6.45, 7) is 5.95. The molecule has 1 saturated carbocycles. The van der Waals surface area contributed by atoms with Crippen LogP contribution < -0.4 is 5.73 Å². The molecule has 1 aliphatic carbocycles. The second-order valence-corrected chi connectivity index (χ2v) is 6.07. The summed E-state index contributed by atoms with van der Waals surface area (Å²) >= 11 is 0. The minimum atomic E-state index is -1.27. The first-order chi connectivity index (χ1) is 7.77. The highest BCUT2D eigenvalue weighted by molar-refractivity contribution is 5.69. The van der Waals surface area contributed by atoms with Gasteiger partial charge in [0.2, 0.25) is 0 Å². The van der Waals surface area contributed by atoms with Crippen LogP contribution >= 0.6 is 0 Å². The van der Waals surface area contributed by atoms with E-state index in [1.165, 1.54) is 0 Å². The van der Waals surface area contributed by atoms with Crippen molar-refractivity contribution in [3.63, 3.8) is 0 Å². The minimum Gasteiger partial charge on any atom is -0.444 e. The lowest BCUT2D eigenvalue weighted by Gasteiger charge is -2.35. The molecule has 0 radical (unpaired) electrons. The van der Waals surface area contributed by atoms with Gasteiger partial charge in [-0.1, -0.05) is 0 Å². The Kier molecular flexibility index (Phi) is 2.84. The first-order valence-electron chi connectivity index (χ1n) is 6.15. The second-order valence-electron chi connectivity index (χ2n) is 6.07. The topological polar surface area (TPSA) is 55.6 Å². The van der Waals surface area contributed by atoms with Gasteiger partial charge in [-0.2, -0.15) is 0 Å². The minimum absolute atomic E-state index is 0.00727. The molecule has 1 amide bonds. The normalized spacial score (nSPS) is 36.4. The average molecular weight is 244 g/mol. The van der Waals surface area contributed by atoms with E-state index in [1.54, 1.807) is 4.90 Å². The molecule has 17 heavy (non-hydrogen) atoms. The zero-order valence-corrected chi connectivity index (χ0v) is 10.7. The molecule has 3 unspecified atom stereocenters. The van der Waals surface area contributed by atoms with Crippen LogP contribution in [0, 0.1) is 5.92 Å². The van der Waals surface area contributed by atoms with Crippen molar-refractivity contribution in [3.8, 4) is 0 Å². The van der Waals surface area contributed by atoms with E-state index < -0.39 is 11.3 Å². The summed E-state index contributed by atoms with van der Waals surface area (Å²) in [5.41, 5.74) is 3.69. The summed E-state index contributed by atoms with van der Waals surface area (Å²) in [6, 6.07) is -0.00727. The Labute approximate surface area is 101 Å². The lowest BCUT2D eigenvalue weighted by Crippen LogP contribution is -2.50. The first-order valence-corrected chi connectivity index (χ1v) is 6.15. The monoisotopic (exact) mass is 244 g/mol. The van der Waals surface area contributed by atoms with E-state index in [-0.39, 0.29) is 24.6 Å². The number of carbonyl (C=O) groups excluding carboxylic acids is 1. The number of nitrogens with zero attached hydrogens (tertiary/aromatic N) is 1. The van der Waals surface area contributed by atoms with Crippen LogP contribution in [-0.2, 0) is 4.74 Å². The summed E-state index contributed by atoms with van der Waals surface area (Å²) in [7, 11) is 0. The van der Waals surface area contributed by atoms with E-state index in [4.69, 9.17) is 10.5 Å². The number of hydrogen-bond acceptors (Lipinski definition) is 3. The zero-order valence-electron chi connectivity index (χ0n) is 10.7. The van der Waals surface area contributed by atoms with E-state index in [0.29, 0.717) is 19.4 Å². The summed E-state index contributed by atoms with van der Waals surface area (Å²) in [4.78, 5) is 13.6. The highest BCUT2D eigenvalue weighted by Gasteiger charge is 2.60. The van der Waals surface area contributed by atoms with Crippen molar-refractivity contribution >= 4 is 6.09 Å². The third kappa shape index (κ3) is 2.39. The number of likely N-dealkylation sites (tertiary alicyclic amines) is 1. The standard InChI is InChI=1S/C12H21FN2O2/c1-11(2,3)17-10(16)15-5-4-12(13,7-14)8-6-9(8)15/h8-9H,4-7,14H2,1-3H3. The van der Waals surface area contributed by atoms with Crippen LogP contribution in [-0.4, -0.2) is 41.4 Å². The Balaban J connectivity index is 1.97. The van der Waals surface area contributed by atoms with Gasteiger partial charge in [0.05, 0.1) is 0 Å². The molecule has 98 valence electrons. The van der Waals surface area contributed by atoms with Crippen LogP contribution in [0.2, 0.25) is 0 Å². The van der Waals surface area contributed by atoms with E-state index in [0.717, 1.165) is 0 Å². The first kappa shape index (κ1) is 12.6.